The molecule has 0 spiro atoms. The van der Waals surface area contributed by atoms with Gasteiger partial charge in [0.05, 0.1) is 10.4 Å². The maximum atomic E-state index is 13.3. The average Bonchev–Trinajstić information content (AvgIpc) is 3.41. The van der Waals surface area contributed by atoms with Crippen LogP contribution in [0.1, 0.15) is 44.2 Å². The minimum Gasteiger partial charge on any atom is -0.338 e. The summed E-state index contributed by atoms with van der Waals surface area (Å²) in [7, 11) is 0. The zero-order valence-corrected chi connectivity index (χ0v) is 23.3. The number of imide groups is 1. The minimum atomic E-state index is -0.565. The number of benzene rings is 2. The van der Waals surface area contributed by atoms with E-state index in [1.165, 1.54) is 24.3 Å². The van der Waals surface area contributed by atoms with Gasteiger partial charge in [0.1, 0.15) is 18.9 Å². The monoisotopic (exact) mass is 562 g/mol. The van der Waals surface area contributed by atoms with Gasteiger partial charge in [-0.25, -0.2) is 4.39 Å². The van der Waals surface area contributed by atoms with Crippen molar-refractivity contribution in [3.05, 3.63) is 70.5 Å². The lowest BCUT2D eigenvalue weighted by Crippen LogP contribution is -2.43. The predicted molar refractivity (Wildman–Crippen MR) is 154 cm³/mol. The third kappa shape index (κ3) is 5.67. The molecule has 8 nitrogen and oxygen atoms in total. The number of anilines is 1. The van der Waals surface area contributed by atoms with Gasteiger partial charge in [-0.2, -0.15) is 0 Å². The summed E-state index contributed by atoms with van der Waals surface area (Å²) in [5.74, 6) is -1.50. The summed E-state index contributed by atoms with van der Waals surface area (Å²) >= 11 is 0.776. The number of hydrogen-bond donors (Lipinski definition) is 1. The summed E-state index contributed by atoms with van der Waals surface area (Å²) < 4.78 is 15.1. The normalized spacial score (nSPS) is 18.7. The molecule has 10 heteroatoms. The molecule has 2 aromatic carbocycles. The number of aromatic nitrogens is 1. The zero-order valence-electron chi connectivity index (χ0n) is 22.5. The largest absolute Gasteiger partial charge is 0.338 e. The van der Waals surface area contributed by atoms with E-state index in [0.717, 1.165) is 70.9 Å². The van der Waals surface area contributed by atoms with E-state index < -0.39 is 29.4 Å². The predicted octanol–water partition coefficient (Wildman–Crippen LogP) is 5.42. The first-order valence-electron chi connectivity index (χ1n) is 13.5. The molecule has 1 aromatic heterocycles. The van der Waals surface area contributed by atoms with E-state index in [0.29, 0.717) is 5.69 Å². The lowest BCUT2D eigenvalue weighted by molar-refractivity contribution is -0.135. The molecule has 2 aliphatic heterocycles. The Labute approximate surface area is 236 Å². The molecule has 1 N–H and O–H groups in total. The van der Waals surface area contributed by atoms with Crippen LogP contribution in [0.3, 0.4) is 0 Å². The molecule has 208 valence electrons. The number of likely N-dealkylation sites (tertiary alicyclic amines) is 1. The Hall–Kier alpha value is -3.92. The van der Waals surface area contributed by atoms with Crippen molar-refractivity contribution in [2.45, 2.75) is 52.1 Å². The molecule has 1 atom stereocenters. The first kappa shape index (κ1) is 27.6. The van der Waals surface area contributed by atoms with Crippen molar-refractivity contribution < 1.29 is 23.6 Å². The van der Waals surface area contributed by atoms with Crippen molar-refractivity contribution in [2.75, 3.05) is 18.4 Å². The first-order valence-corrected chi connectivity index (χ1v) is 14.3. The van der Waals surface area contributed by atoms with Gasteiger partial charge in [-0.1, -0.05) is 25.1 Å². The quantitative estimate of drug-likeness (QED) is 0.389. The number of halogens is 1. The number of para-hydroxylation sites is 1. The molecule has 5 rings (SSSR count). The number of rotatable bonds is 7. The maximum absolute atomic E-state index is 13.3. The van der Waals surface area contributed by atoms with Gasteiger partial charge >= 0.3 is 0 Å². The minimum absolute atomic E-state index is 0.0639. The number of carbonyl (C=O) groups excluding carboxylic acids is 4. The van der Waals surface area contributed by atoms with E-state index in [1.807, 2.05) is 33.9 Å². The Morgan fingerprint density at radius 3 is 2.60 bits per heavy atom. The highest BCUT2D eigenvalue weighted by atomic mass is 32.2. The topological polar surface area (TPSA) is 91.7 Å². The molecule has 3 heterocycles. The smallest absolute Gasteiger partial charge is 0.294 e. The van der Waals surface area contributed by atoms with Crippen LogP contribution in [0.2, 0.25) is 0 Å². The van der Waals surface area contributed by atoms with Crippen molar-refractivity contribution in [1.82, 2.24) is 14.4 Å². The second kappa shape index (κ2) is 11.7. The number of nitrogens with one attached hydrogen (secondary N) is 1. The second-order valence-electron chi connectivity index (χ2n) is 10.1. The molecule has 40 heavy (non-hydrogen) atoms. The Kier molecular flexibility index (Phi) is 8.07. The van der Waals surface area contributed by atoms with Gasteiger partial charge in [0, 0.05) is 35.4 Å². The van der Waals surface area contributed by atoms with Gasteiger partial charge in [-0.15, -0.1) is 0 Å². The highest BCUT2D eigenvalue weighted by Gasteiger charge is 2.36. The highest BCUT2D eigenvalue weighted by Crippen LogP contribution is 2.35. The number of amides is 4. The number of nitrogens with zero attached hydrogens (tertiary/aromatic N) is 3. The van der Waals surface area contributed by atoms with E-state index in [1.54, 1.807) is 6.08 Å². The van der Waals surface area contributed by atoms with Gasteiger partial charge in [0.25, 0.3) is 11.1 Å². The Bertz CT molecular complexity index is 1510. The van der Waals surface area contributed by atoms with E-state index in [9.17, 15) is 23.6 Å². The number of aryl methyl sites for hydroxylation is 1. The molecule has 0 bridgehead atoms. The molecule has 0 saturated carbocycles. The van der Waals surface area contributed by atoms with Gasteiger partial charge in [0.2, 0.25) is 11.8 Å². The fraction of sp³-hybridized carbons (Fsp3) is 0.333. The molecule has 0 radical (unpaired) electrons. The van der Waals surface area contributed by atoms with Crippen LogP contribution >= 0.6 is 11.8 Å². The lowest BCUT2D eigenvalue weighted by Gasteiger charge is -2.33. The van der Waals surface area contributed by atoms with Crippen LogP contribution in [0.25, 0.3) is 17.0 Å². The summed E-state index contributed by atoms with van der Waals surface area (Å²) in [6, 6.07) is 11.4. The Balaban J connectivity index is 1.39. The molecule has 3 aromatic rings. The summed E-state index contributed by atoms with van der Waals surface area (Å²) in [5, 5.41) is 2.92. The van der Waals surface area contributed by atoms with Gasteiger partial charge in [-0.05, 0) is 80.3 Å². The van der Waals surface area contributed by atoms with Gasteiger partial charge < -0.3 is 14.8 Å². The van der Waals surface area contributed by atoms with E-state index in [4.69, 9.17) is 0 Å². The van der Waals surface area contributed by atoms with E-state index in [2.05, 4.69) is 19.2 Å². The number of hydrogen-bond acceptors (Lipinski definition) is 5. The standard InChI is InChI=1S/C30H31FN4O4S/c1-3-20-8-6-9-24-21(16-33(28(20)24)18-27(37)34-14-5-4-7-19(34)2)15-25-29(38)35(30(39)40-25)17-26(36)32-23-12-10-22(31)11-13-23/h6,8-13,15-16,19H,3-5,7,14,17-18H2,1-2H3,(H,32,36)/b25-15-/t19-/m1/s1. The Morgan fingerprint density at radius 1 is 1.10 bits per heavy atom. The van der Waals surface area contributed by atoms with Crippen LogP contribution in [0.15, 0.2) is 53.6 Å². The molecule has 0 unspecified atom stereocenters. The molecular formula is C30H31FN4O4S. The number of thioether (sulfide) groups is 1. The summed E-state index contributed by atoms with van der Waals surface area (Å²) in [6.07, 6.45) is 7.44. The lowest BCUT2D eigenvalue weighted by atomic mass is 10.0. The van der Waals surface area contributed by atoms with Crippen molar-refractivity contribution in [3.8, 4) is 0 Å². The van der Waals surface area contributed by atoms with Gasteiger partial charge in [0.15, 0.2) is 0 Å². The summed E-state index contributed by atoms with van der Waals surface area (Å²) in [5.41, 5.74) is 3.11. The maximum Gasteiger partial charge on any atom is 0.294 e. The Morgan fingerprint density at radius 2 is 1.88 bits per heavy atom. The van der Waals surface area contributed by atoms with Crippen LogP contribution in [0.4, 0.5) is 14.9 Å². The van der Waals surface area contributed by atoms with E-state index in [-0.39, 0.29) is 23.4 Å². The average molecular weight is 563 g/mol. The van der Waals surface area contributed by atoms with Crippen molar-refractivity contribution in [2.24, 2.45) is 0 Å². The van der Waals surface area contributed by atoms with Crippen LogP contribution in [0.5, 0.6) is 0 Å². The molecule has 0 aliphatic carbocycles. The van der Waals surface area contributed by atoms with Gasteiger partial charge in [-0.3, -0.25) is 24.1 Å². The summed E-state index contributed by atoms with van der Waals surface area (Å²) in [6.45, 7) is 4.64. The SMILES string of the molecule is CCc1cccc2c(/C=C3\SC(=O)N(CC(=O)Nc4ccc(F)cc4)C3=O)cn(CC(=O)N3CCCC[C@H]3C)c12. The van der Waals surface area contributed by atoms with Crippen LogP contribution in [-0.2, 0) is 27.3 Å². The van der Waals surface area contributed by atoms with Crippen molar-refractivity contribution in [3.63, 3.8) is 0 Å². The van der Waals surface area contributed by atoms with E-state index >= 15 is 0 Å². The molecule has 4 amide bonds. The highest BCUT2D eigenvalue weighted by molar-refractivity contribution is 8.18. The fourth-order valence-electron chi connectivity index (χ4n) is 5.35. The molecule has 2 aliphatic rings. The number of fused-ring (bicyclic) bond motifs is 1. The van der Waals surface area contributed by atoms with Crippen LogP contribution < -0.4 is 5.32 Å². The van der Waals surface area contributed by atoms with Crippen LogP contribution in [-0.4, -0.2) is 56.5 Å². The fourth-order valence-corrected chi connectivity index (χ4v) is 6.18. The molecular weight excluding hydrogens is 531 g/mol. The van der Waals surface area contributed by atoms with Crippen LogP contribution in [0, 0.1) is 5.82 Å². The zero-order chi connectivity index (χ0) is 28.4. The number of piperidine rings is 1. The third-order valence-electron chi connectivity index (χ3n) is 7.41. The first-order chi connectivity index (χ1) is 19.2. The second-order valence-corrected chi connectivity index (χ2v) is 11.1. The number of carbonyl (C=O) groups is 4. The third-order valence-corrected chi connectivity index (χ3v) is 8.32. The van der Waals surface area contributed by atoms with Crippen molar-refractivity contribution >= 4 is 57.4 Å². The summed E-state index contributed by atoms with van der Waals surface area (Å²) in [4.78, 5) is 54.7. The molecule has 2 fully saturated rings. The van der Waals surface area contributed by atoms with Crippen molar-refractivity contribution in [1.29, 1.82) is 0 Å². The molecule has 2 saturated heterocycles.